The van der Waals surface area contributed by atoms with E-state index in [-0.39, 0.29) is 6.04 Å². The van der Waals surface area contributed by atoms with Gasteiger partial charge in [0.15, 0.2) is 11.5 Å². The van der Waals surface area contributed by atoms with E-state index in [1.165, 1.54) is 0 Å². The number of benzene rings is 1. The molecule has 5 nitrogen and oxygen atoms in total. The molecule has 112 valence electrons. The molecule has 0 aromatic heterocycles. The molecule has 0 aliphatic heterocycles. The van der Waals surface area contributed by atoms with Crippen molar-refractivity contribution in [2.75, 3.05) is 34.4 Å². The van der Waals surface area contributed by atoms with Gasteiger partial charge >= 0.3 is 0 Å². The lowest BCUT2D eigenvalue weighted by Gasteiger charge is -2.22. The molecule has 1 rings (SSSR count). The zero-order chi connectivity index (χ0) is 15.0. The summed E-state index contributed by atoms with van der Waals surface area (Å²) in [6, 6.07) is 3.79. The number of nitrogens with two attached hydrogens (primary N) is 1. The number of methoxy groups -OCH3 is 3. The molecule has 0 saturated heterocycles. The Hall–Kier alpha value is -1.72. The van der Waals surface area contributed by atoms with Crippen LogP contribution in [0.25, 0.3) is 0 Å². The van der Waals surface area contributed by atoms with E-state index in [1.807, 2.05) is 18.2 Å². The smallest absolute Gasteiger partial charge is 0.203 e. The van der Waals surface area contributed by atoms with Gasteiger partial charge in [0.1, 0.15) is 0 Å². The third-order valence-electron chi connectivity index (χ3n) is 3.08. The summed E-state index contributed by atoms with van der Waals surface area (Å²) < 4.78 is 16.1. The molecule has 3 N–H and O–H groups in total. The summed E-state index contributed by atoms with van der Waals surface area (Å²) in [7, 11) is 4.80. The molecule has 20 heavy (non-hydrogen) atoms. The lowest BCUT2D eigenvalue weighted by molar-refractivity contribution is 0.319. The molecule has 1 unspecified atom stereocenters. The predicted molar refractivity (Wildman–Crippen MR) is 80.7 cm³/mol. The van der Waals surface area contributed by atoms with E-state index < -0.39 is 0 Å². The Morgan fingerprint density at radius 1 is 1.20 bits per heavy atom. The van der Waals surface area contributed by atoms with Gasteiger partial charge in [0, 0.05) is 18.2 Å². The Balaban J connectivity index is 3.11. The molecular weight excluding hydrogens is 256 g/mol. The van der Waals surface area contributed by atoms with Crippen molar-refractivity contribution in [1.82, 2.24) is 5.32 Å². The Labute approximate surface area is 120 Å². The van der Waals surface area contributed by atoms with E-state index in [4.69, 9.17) is 19.9 Å². The van der Waals surface area contributed by atoms with Crippen molar-refractivity contribution < 1.29 is 14.2 Å². The molecular formula is C15H24N2O3. The van der Waals surface area contributed by atoms with E-state index in [0.717, 1.165) is 18.5 Å². The quantitative estimate of drug-likeness (QED) is 0.534. The molecule has 0 spiro atoms. The van der Waals surface area contributed by atoms with E-state index >= 15 is 0 Å². The lowest BCUT2D eigenvalue weighted by atomic mass is 10.0. The van der Waals surface area contributed by atoms with Gasteiger partial charge in [-0.3, -0.25) is 0 Å². The first-order chi connectivity index (χ1) is 9.73. The minimum Gasteiger partial charge on any atom is -0.493 e. The maximum Gasteiger partial charge on any atom is 0.203 e. The minimum absolute atomic E-state index is 0.00953. The normalized spacial score (nSPS) is 11.8. The van der Waals surface area contributed by atoms with Crippen molar-refractivity contribution in [3.8, 4) is 17.2 Å². The molecule has 5 heteroatoms. The van der Waals surface area contributed by atoms with Crippen molar-refractivity contribution in [3.63, 3.8) is 0 Å². The fraction of sp³-hybridized carbons (Fsp3) is 0.467. The van der Waals surface area contributed by atoms with Gasteiger partial charge < -0.3 is 25.3 Å². The molecule has 0 aliphatic carbocycles. The summed E-state index contributed by atoms with van der Waals surface area (Å²) in [5.74, 6) is 1.86. The van der Waals surface area contributed by atoms with E-state index in [0.29, 0.717) is 23.8 Å². The minimum atomic E-state index is -0.00953. The second kappa shape index (κ2) is 8.45. The Morgan fingerprint density at radius 2 is 1.90 bits per heavy atom. The van der Waals surface area contributed by atoms with Gasteiger partial charge in [0.2, 0.25) is 5.75 Å². The first-order valence-corrected chi connectivity index (χ1v) is 6.56. The van der Waals surface area contributed by atoms with Crippen LogP contribution < -0.4 is 25.3 Å². The summed E-state index contributed by atoms with van der Waals surface area (Å²) >= 11 is 0. The van der Waals surface area contributed by atoms with Crippen molar-refractivity contribution in [2.24, 2.45) is 5.73 Å². The van der Waals surface area contributed by atoms with Gasteiger partial charge in [-0.2, -0.15) is 0 Å². The average molecular weight is 280 g/mol. The van der Waals surface area contributed by atoms with Gasteiger partial charge in [0.05, 0.1) is 21.3 Å². The highest BCUT2D eigenvalue weighted by Gasteiger charge is 2.20. The zero-order valence-corrected chi connectivity index (χ0v) is 12.4. The maximum atomic E-state index is 5.86. The van der Waals surface area contributed by atoms with Crippen LogP contribution in [-0.4, -0.2) is 34.4 Å². The molecule has 1 aromatic carbocycles. The molecule has 0 amide bonds. The molecule has 0 fully saturated rings. The first kappa shape index (κ1) is 16.3. The van der Waals surface area contributed by atoms with Gasteiger partial charge in [0.25, 0.3) is 0 Å². The number of hydrogen-bond acceptors (Lipinski definition) is 5. The molecule has 0 bridgehead atoms. The third-order valence-corrected chi connectivity index (χ3v) is 3.08. The molecule has 1 aromatic rings. The summed E-state index contributed by atoms with van der Waals surface area (Å²) in [6.45, 7) is 4.98. The third kappa shape index (κ3) is 3.65. The molecule has 1 atom stereocenters. The summed E-state index contributed by atoms with van der Waals surface area (Å²) in [6.07, 6.45) is 2.75. The Kier molecular flexibility index (Phi) is 6.90. The number of ether oxygens (including phenoxy) is 3. The van der Waals surface area contributed by atoms with Crippen LogP contribution in [0.15, 0.2) is 24.8 Å². The van der Waals surface area contributed by atoms with E-state index in [1.54, 1.807) is 21.3 Å². The summed E-state index contributed by atoms with van der Waals surface area (Å²) in [5, 5.41) is 3.38. The van der Waals surface area contributed by atoms with Crippen molar-refractivity contribution in [3.05, 3.63) is 30.4 Å². The Bertz CT molecular complexity index is 435. The van der Waals surface area contributed by atoms with E-state index in [9.17, 15) is 0 Å². The Morgan fingerprint density at radius 3 is 2.40 bits per heavy atom. The fourth-order valence-corrected chi connectivity index (χ4v) is 2.08. The van der Waals surface area contributed by atoms with Crippen LogP contribution in [0.5, 0.6) is 17.2 Å². The highest BCUT2D eigenvalue weighted by Crippen LogP contribution is 2.41. The first-order valence-electron chi connectivity index (χ1n) is 6.56. The van der Waals surface area contributed by atoms with Crippen molar-refractivity contribution in [1.29, 1.82) is 0 Å². The highest BCUT2D eigenvalue weighted by molar-refractivity contribution is 5.56. The second-order valence-corrected chi connectivity index (χ2v) is 4.24. The van der Waals surface area contributed by atoms with Crippen LogP contribution in [0.2, 0.25) is 0 Å². The van der Waals surface area contributed by atoms with Crippen LogP contribution in [-0.2, 0) is 0 Å². The molecule has 0 aliphatic rings. The fourth-order valence-electron chi connectivity index (χ4n) is 2.08. The molecule has 0 heterocycles. The van der Waals surface area contributed by atoms with Crippen LogP contribution >= 0.6 is 0 Å². The van der Waals surface area contributed by atoms with Gasteiger partial charge in [-0.15, -0.1) is 6.58 Å². The van der Waals surface area contributed by atoms with Crippen molar-refractivity contribution >= 4 is 0 Å². The van der Waals surface area contributed by atoms with Crippen LogP contribution in [0.1, 0.15) is 18.0 Å². The van der Waals surface area contributed by atoms with Gasteiger partial charge in [-0.1, -0.05) is 6.08 Å². The van der Waals surface area contributed by atoms with Crippen LogP contribution in [0.3, 0.4) is 0 Å². The van der Waals surface area contributed by atoms with Crippen LogP contribution in [0, 0.1) is 0 Å². The summed E-state index contributed by atoms with van der Waals surface area (Å²) in [5.41, 5.74) is 6.81. The highest BCUT2D eigenvalue weighted by atomic mass is 16.5. The SMILES string of the molecule is C=CCCNC(CN)c1ccc(OC)c(OC)c1OC. The standard InChI is InChI=1S/C15H24N2O3/c1-5-6-9-17-12(10-16)11-7-8-13(18-2)15(20-4)14(11)19-3/h5,7-8,12,17H,1,6,9-10,16H2,2-4H3. The number of hydrogen-bond donors (Lipinski definition) is 2. The average Bonchev–Trinajstić information content (AvgIpc) is 2.50. The number of nitrogens with one attached hydrogen (secondary N) is 1. The number of rotatable bonds is 9. The molecule has 0 saturated carbocycles. The predicted octanol–water partition coefficient (Wildman–Crippen LogP) is 1.88. The lowest BCUT2D eigenvalue weighted by Crippen LogP contribution is -2.29. The zero-order valence-electron chi connectivity index (χ0n) is 12.4. The van der Waals surface area contributed by atoms with E-state index in [2.05, 4.69) is 11.9 Å². The van der Waals surface area contributed by atoms with Crippen molar-refractivity contribution in [2.45, 2.75) is 12.5 Å². The van der Waals surface area contributed by atoms with Crippen LogP contribution in [0.4, 0.5) is 0 Å². The van der Waals surface area contributed by atoms with Gasteiger partial charge in [-0.05, 0) is 25.1 Å². The maximum absolute atomic E-state index is 5.86. The molecule has 0 radical (unpaired) electrons. The second-order valence-electron chi connectivity index (χ2n) is 4.24. The topological polar surface area (TPSA) is 65.7 Å². The summed E-state index contributed by atoms with van der Waals surface area (Å²) in [4.78, 5) is 0. The largest absolute Gasteiger partial charge is 0.493 e. The van der Waals surface area contributed by atoms with Gasteiger partial charge in [-0.25, -0.2) is 0 Å². The monoisotopic (exact) mass is 280 g/mol.